The van der Waals surface area contributed by atoms with Gasteiger partial charge in [-0.2, -0.15) is 0 Å². The molecule has 2 aromatic rings. The molecule has 114 valence electrons. The van der Waals surface area contributed by atoms with Crippen LogP contribution >= 0.6 is 22.6 Å². The van der Waals surface area contributed by atoms with Gasteiger partial charge >= 0.3 is 0 Å². The van der Waals surface area contributed by atoms with Crippen LogP contribution in [0.1, 0.15) is 40.2 Å². The van der Waals surface area contributed by atoms with Gasteiger partial charge in [-0.25, -0.2) is 0 Å². The van der Waals surface area contributed by atoms with Gasteiger partial charge in [0.2, 0.25) is 0 Å². The summed E-state index contributed by atoms with van der Waals surface area (Å²) in [5.41, 5.74) is 2.48. The highest BCUT2D eigenvalue weighted by atomic mass is 127. The summed E-state index contributed by atoms with van der Waals surface area (Å²) in [6, 6.07) is 15.0. The van der Waals surface area contributed by atoms with Gasteiger partial charge in [0.1, 0.15) is 0 Å². The van der Waals surface area contributed by atoms with Gasteiger partial charge in [-0.3, -0.25) is 4.79 Å². The van der Waals surface area contributed by atoms with Crippen molar-refractivity contribution in [3.05, 3.63) is 68.8 Å². The predicted octanol–water partition coefficient (Wildman–Crippen LogP) is 3.10. The lowest BCUT2D eigenvalue weighted by molar-refractivity contribution is -0.305. The van der Waals surface area contributed by atoms with E-state index in [9.17, 15) is 14.7 Å². The van der Waals surface area contributed by atoms with Gasteiger partial charge in [-0.05, 0) is 65.6 Å². The molecule has 0 heterocycles. The maximum Gasteiger partial charge on any atom is 0.170 e. The zero-order valence-electron chi connectivity index (χ0n) is 12.2. The molecule has 0 spiro atoms. The summed E-state index contributed by atoms with van der Waals surface area (Å²) in [5.74, 6) is -1.64. The van der Waals surface area contributed by atoms with E-state index in [1.54, 1.807) is 6.07 Å². The molecule has 0 aliphatic carbocycles. The average Bonchev–Trinajstić information content (AvgIpc) is 2.48. The molecule has 0 aromatic heterocycles. The van der Waals surface area contributed by atoms with E-state index in [2.05, 4.69) is 22.6 Å². The lowest BCUT2D eigenvalue weighted by atomic mass is 9.85. The van der Waals surface area contributed by atoms with Crippen LogP contribution in [0.3, 0.4) is 0 Å². The van der Waals surface area contributed by atoms with Gasteiger partial charge in [0.15, 0.2) is 5.78 Å². The quantitative estimate of drug-likeness (QED) is 0.546. The Hall–Kier alpha value is -1.69. The number of hydrogen-bond donors (Lipinski definition) is 0. The van der Waals surface area contributed by atoms with Crippen LogP contribution in [0.2, 0.25) is 0 Å². The molecule has 0 bridgehead atoms. The van der Waals surface area contributed by atoms with Gasteiger partial charge in [0.05, 0.1) is 0 Å². The molecule has 4 heteroatoms. The molecule has 0 aliphatic heterocycles. The number of aryl methyl sites for hydroxylation is 1. The number of aliphatic carboxylic acids is 1. The number of carboxylic acid groups (broad SMARTS) is 1. The molecule has 0 radical (unpaired) electrons. The van der Waals surface area contributed by atoms with Crippen molar-refractivity contribution in [3.63, 3.8) is 0 Å². The zero-order chi connectivity index (χ0) is 16.1. The third kappa shape index (κ3) is 4.16. The number of rotatable bonds is 6. The summed E-state index contributed by atoms with van der Waals surface area (Å²) in [5, 5.41) is 10.8. The molecular weight excluding hydrogens is 391 g/mol. The van der Waals surface area contributed by atoms with Crippen LogP contribution in [-0.2, 0) is 4.79 Å². The van der Waals surface area contributed by atoms with E-state index in [0.717, 1.165) is 14.7 Å². The first kappa shape index (κ1) is 16.7. The summed E-state index contributed by atoms with van der Waals surface area (Å²) >= 11 is 2.16. The van der Waals surface area contributed by atoms with Crippen LogP contribution in [-0.4, -0.2) is 11.8 Å². The maximum atomic E-state index is 12.8. The minimum Gasteiger partial charge on any atom is -0.550 e. The summed E-state index contributed by atoms with van der Waals surface area (Å²) in [6.07, 6.45) is 0.117. The minimum absolute atomic E-state index is 0.0472. The second-order valence-electron chi connectivity index (χ2n) is 5.19. The Morgan fingerprint density at radius 2 is 1.86 bits per heavy atom. The second kappa shape index (κ2) is 7.54. The molecule has 1 atom stereocenters. The van der Waals surface area contributed by atoms with Crippen LogP contribution in [0.15, 0.2) is 48.5 Å². The van der Waals surface area contributed by atoms with Crippen molar-refractivity contribution in [2.75, 3.05) is 0 Å². The number of Topliss-reactive ketones (excluding diaryl/α,β-unsaturated/α-hetero) is 1. The number of ketones is 1. The summed E-state index contributed by atoms with van der Waals surface area (Å²) in [6.45, 7) is 1.93. The smallest absolute Gasteiger partial charge is 0.170 e. The highest BCUT2D eigenvalue weighted by molar-refractivity contribution is 14.1. The van der Waals surface area contributed by atoms with Gasteiger partial charge in [-0.15, -0.1) is 0 Å². The number of carbonyl (C=O) groups excluding carboxylic acids is 2. The normalized spacial score (nSPS) is 11.9. The van der Waals surface area contributed by atoms with E-state index in [-0.39, 0.29) is 18.6 Å². The lowest BCUT2D eigenvalue weighted by Crippen LogP contribution is -2.24. The van der Waals surface area contributed by atoms with Gasteiger partial charge in [-0.1, -0.05) is 36.4 Å². The van der Waals surface area contributed by atoms with E-state index in [0.29, 0.717) is 5.56 Å². The third-order valence-electron chi connectivity index (χ3n) is 3.63. The second-order valence-corrected chi connectivity index (χ2v) is 6.44. The summed E-state index contributed by atoms with van der Waals surface area (Å²) in [4.78, 5) is 23.7. The van der Waals surface area contributed by atoms with Crippen molar-refractivity contribution in [2.24, 2.45) is 0 Å². The lowest BCUT2D eigenvalue weighted by Gasteiger charge is -2.19. The van der Waals surface area contributed by atoms with E-state index in [1.165, 1.54) is 0 Å². The average molecular weight is 407 g/mol. The molecule has 0 saturated heterocycles. The Kier molecular flexibility index (Phi) is 5.71. The largest absolute Gasteiger partial charge is 0.550 e. The molecule has 0 saturated carbocycles. The van der Waals surface area contributed by atoms with Crippen LogP contribution < -0.4 is 5.11 Å². The number of benzene rings is 2. The first-order valence-corrected chi connectivity index (χ1v) is 8.12. The van der Waals surface area contributed by atoms with Crippen LogP contribution in [0.25, 0.3) is 0 Å². The van der Waals surface area contributed by atoms with Gasteiger partial charge in [0.25, 0.3) is 0 Å². The fraction of sp³-hybridized carbons (Fsp3) is 0.222. The Morgan fingerprint density at radius 3 is 2.50 bits per heavy atom. The summed E-state index contributed by atoms with van der Waals surface area (Å²) < 4.78 is 0.979. The Labute approximate surface area is 143 Å². The van der Waals surface area contributed by atoms with Crippen LogP contribution in [0.5, 0.6) is 0 Å². The molecule has 0 aliphatic rings. The molecule has 2 aromatic carbocycles. The van der Waals surface area contributed by atoms with Gasteiger partial charge in [0, 0.05) is 21.0 Å². The van der Waals surface area contributed by atoms with E-state index < -0.39 is 11.9 Å². The first-order valence-electron chi connectivity index (χ1n) is 7.04. The Balaban J connectivity index is 2.38. The topological polar surface area (TPSA) is 57.2 Å². The van der Waals surface area contributed by atoms with Crippen LogP contribution in [0.4, 0.5) is 0 Å². The molecular formula is C18H16IO3-. The first-order chi connectivity index (χ1) is 10.5. The highest BCUT2D eigenvalue weighted by Gasteiger charge is 2.23. The van der Waals surface area contributed by atoms with Crippen molar-refractivity contribution in [1.82, 2.24) is 0 Å². The zero-order valence-corrected chi connectivity index (χ0v) is 14.4. The number of hydrogen-bond acceptors (Lipinski definition) is 3. The standard InChI is InChI=1S/C18H17IO3/c1-12-5-2-3-8-15(12)16(9-10-17(20)21)18(22)13-6-4-7-14(19)11-13/h2-8,11,16H,9-10H2,1H3,(H,20,21)/p-1. The maximum absolute atomic E-state index is 12.8. The Morgan fingerprint density at radius 1 is 1.14 bits per heavy atom. The van der Waals surface area contributed by atoms with Crippen molar-refractivity contribution < 1.29 is 14.7 Å². The fourth-order valence-corrected chi connectivity index (χ4v) is 3.05. The van der Waals surface area contributed by atoms with Crippen molar-refractivity contribution in [1.29, 1.82) is 0 Å². The molecule has 1 unspecified atom stereocenters. The van der Waals surface area contributed by atoms with E-state index in [4.69, 9.17) is 0 Å². The fourth-order valence-electron chi connectivity index (χ4n) is 2.51. The highest BCUT2D eigenvalue weighted by Crippen LogP contribution is 2.28. The SMILES string of the molecule is Cc1ccccc1C(CCC(=O)[O-])C(=O)c1cccc(I)c1. The van der Waals surface area contributed by atoms with E-state index >= 15 is 0 Å². The van der Waals surface area contributed by atoms with Crippen molar-refractivity contribution >= 4 is 34.3 Å². The van der Waals surface area contributed by atoms with E-state index in [1.807, 2.05) is 49.4 Å². The monoisotopic (exact) mass is 407 g/mol. The molecule has 22 heavy (non-hydrogen) atoms. The number of halogens is 1. The number of carbonyl (C=O) groups is 2. The molecule has 0 fully saturated rings. The van der Waals surface area contributed by atoms with Crippen molar-refractivity contribution in [3.8, 4) is 0 Å². The van der Waals surface area contributed by atoms with Crippen LogP contribution in [0, 0.1) is 10.5 Å². The Bertz CT molecular complexity index is 694. The molecule has 0 N–H and O–H groups in total. The predicted molar refractivity (Wildman–Crippen MR) is 91.7 cm³/mol. The van der Waals surface area contributed by atoms with Crippen molar-refractivity contribution in [2.45, 2.75) is 25.7 Å². The third-order valence-corrected chi connectivity index (χ3v) is 4.30. The minimum atomic E-state index is -1.13. The summed E-state index contributed by atoms with van der Waals surface area (Å²) in [7, 11) is 0. The molecule has 0 amide bonds. The van der Waals surface area contributed by atoms with Gasteiger partial charge < -0.3 is 9.90 Å². The molecule has 2 rings (SSSR count). The number of carboxylic acids is 1. The molecule has 3 nitrogen and oxygen atoms in total.